The Morgan fingerprint density at radius 3 is 2.24 bits per heavy atom. The Morgan fingerprint density at radius 2 is 1.76 bits per heavy atom. The lowest BCUT2D eigenvalue weighted by molar-refractivity contribution is 0.0239. The molecular weight excluding hydrogens is 261 g/mol. The van der Waals surface area contributed by atoms with E-state index >= 15 is 0 Å². The first-order valence-corrected chi connectivity index (χ1v) is 5.92. The second-order valence-electron chi connectivity index (χ2n) is 4.99. The van der Waals surface area contributed by atoms with Crippen molar-refractivity contribution in [2.24, 2.45) is 0 Å². The van der Waals surface area contributed by atoms with Crippen molar-refractivity contribution in [1.29, 1.82) is 0 Å². The predicted molar refractivity (Wildman–Crippen MR) is 72.7 cm³/mol. The lowest BCUT2D eigenvalue weighted by Gasteiger charge is -2.38. The molecule has 1 heterocycles. The fraction of sp³-hybridized carbons (Fsp3) is 0.545. The highest BCUT2D eigenvalue weighted by molar-refractivity contribution is 6.37. The molecule has 0 saturated carbocycles. The summed E-state index contributed by atoms with van der Waals surface area (Å²) >= 11 is 11.8. The van der Waals surface area contributed by atoms with Gasteiger partial charge in [0.25, 0.3) is 0 Å². The number of hydrogen-bond acceptors (Lipinski definition) is 4. The maximum atomic E-state index is 10.0. The van der Waals surface area contributed by atoms with Gasteiger partial charge >= 0.3 is 0 Å². The largest absolute Gasteiger partial charge is 0.388 e. The molecule has 1 aromatic rings. The molecule has 96 valence electrons. The van der Waals surface area contributed by atoms with E-state index in [2.05, 4.69) is 10.3 Å². The van der Waals surface area contributed by atoms with Crippen molar-refractivity contribution >= 4 is 34.8 Å². The molecule has 0 aromatic carbocycles. The standard InChI is InChI=1S/C11H17Cl2N3O/c1-10(2,11(3,4)17)16-9-7(13)5-6(12)8(14)15-9/h5,17H,1-4H3,(H3,14,15,16). The summed E-state index contributed by atoms with van der Waals surface area (Å²) in [6, 6.07) is 1.52. The topological polar surface area (TPSA) is 71.2 Å². The molecule has 0 saturated heterocycles. The molecular formula is C11H17Cl2N3O. The smallest absolute Gasteiger partial charge is 0.147 e. The van der Waals surface area contributed by atoms with Crippen molar-refractivity contribution in [2.45, 2.75) is 38.8 Å². The van der Waals surface area contributed by atoms with Crippen molar-refractivity contribution in [3.05, 3.63) is 16.1 Å². The molecule has 0 aliphatic carbocycles. The molecule has 0 bridgehead atoms. The van der Waals surface area contributed by atoms with Crippen molar-refractivity contribution in [2.75, 3.05) is 11.1 Å². The number of nitrogens with one attached hydrogen (secondary N) is 1. The first-order valence-electron chi connectivity index (χ1n) is 5.16. The van der Waals surface area contributed by atoms with Crippen LogP contribution in [0.2, 0.25) is 10.0 Å². The van der Waals surface area contributed by atoms with Gasteiger partial charge in [0.1, 0.15) is 11.6 Å². The highest BCUT2D eigenvalue weighted by atomic mass is 35.5. The molecule has 0 amide bonds. The summed E-state index contributed by atoms with van der Waals surface area (Å²) in [6.45, 7) is 7.09. The van der Waals surface area contributed by atoms with E-state index in [9.17, 15) is 5.11 Å². The lowest BCUT2D eigenvalue weighted by atomic mass is 9.86. The highest BCUT2D eigenvalue weighted by Crippen LogP contribution is 2.32. The van der Waals surface area contributed by atoms with Gasteiger partial charge in [-0.05, 0) is 33.8 Å². The monoisotopic (exact) mass is 277 g/mol. The van der Waals surface area contributed by atoms with Crippen molar-refractivity contribution in [1.82, 2.24) is 4.98 Å². The summed E-state index contributed by atoms with van der Waals surface area (Å²) in [6.07, 6.45) is 0. The van der Waals surface area contributed by atoms with Gasteiger partial charge in [-0.1, -0.05) is 23.2 Å². The first-order chi connectivity index (χ1) is 7.54. The third kappa shape index (κ3) is 3.15. The number of halogens is 2. The Balaban J connectivity index is 3.08. The van der Waals surface area contributed by atoms with Crippen LogP contribution >= 0.6 is 23.2 Å². The Bertz CT molecular complexity index is 427. The minimum absolute atomic E-state index is 0.199. The number of hydrogen-bond donors (Lipinski definition) is 3. The van der Waals surface area contributed by atoms with Gasteiger partial charge in [0.2, 0.25) is 0 Å². The molecule has 0 radical (unpaired) electrons. The van der Waals surface area contributed by atoms with E-state index in [1.165, 1.54) is 6.07 Å². The SMILES string of the molecule is CC(C)(O)C(C)(C)Nc1nc(N)c(Cl)cc1Cl. The third-order valence-corrected chi connectivity index (χ3v) is 3.51. The van der Waals surface area contributed by atoms with Gasteiger partial charge < -0.3 is 16.2 Å². The fourth-order valence-corrected chi connectivity index (χ4v) is 1.42. The number of nitrogens with zero attached hydrogens (tertiary/aromatic N) is 1. The minimum Gasteiger partial charge on any atom is -0.388 e. The zero-order chi connectivity index (χ0) is 13.4. The molecule has 0 fully saturated rings. The van der Waals surface area contributed by atoms with Crippen LogP contribution in [0.5, 0.6) is 0 Å². The van der Waals surface area contributed by atoms with E-state index in [1.54, 1.807) is 13.8 Å². The van der Waals surface area contributed by atoms with Crippen LogP contribution in [0.25, 0.3) is 0 Å². The van der Waals surface area contributed by atoms with Crippen molar-refractivity contribution in [3.63, 3.8) is 0 Å². The van der Waals surface area contributed by atoms with Crippen LogP contribution < -0.4 is 11.1 Å². The Labute approximate surface area is 111 Å². The van der Waals surface area contributed by atoms with E-state index < -0.39 is 11.1 Å². The van der Waals surface area contributed by atoms with Gasteiger partial charge in [-0.15, -0.1) is 0 Å². The summed E-state index contributed by atoms with van der Waals surface area (Å²) in [5, 5.41) is 13.8. The molecule has 4 N–H and O–H groups in total. The molecule has 0 atom stereocenters. The minimum atomic E-state index is -0.952. The van der Waals surface area contributed by atoms with E-state index in [1.807, 2.05) is 13.8 Å². The summed E-state index contributed by atoms with van der Waals surface area (Å²) < 4.78 is 0. The van der Waals surface area contributed by atoms with Gasteiger partial charge in [0.05, 0.1) is 21.2 Å². The van der Waals surface area contributed by atoms with Gasteiger partial charge in [-0.2, -0.15) is 0 Å². The van der Waals surface area contributed by atoms with Crippen LogP contribution in [0.4, 0.5) is 11.6 Å². The second kappa shape index (κ2) is 4.52. The normalized spacial score (nSPS) is 12.6. The first kappa shape index (κ1) is 14.4. The summed E-state index contributed by atoms with van der Waals surface area (Å²) in [5.41, 5.74) is 4.04. The number of aliphatic hydroxyl groups is 1. The summed E-state index contributed by atoms with van der Waals surface area (Å²) in [5.74, 6) is 0.603. The van der Waals surface area contributed by atoms with Gasteiger partial charge in [0.15, 0.2) is 0 Å². The van der Waals surface area contributed by atoms with Crippen LogP contribution in [-0.4, -0.2) is 21.2 Å². The maximum absolute atomic E-state index is 10.0. The Hall–Kier alpha value is -0.710. The van der Waals surface area contributed by atoms with Gasteiger partial charge in [0, 0.05) is 0 Å². The average molecular weight is 278 g/mol. The van der Waals surface area contributed by atoms with Crippen LogP contribution in [0.15, 0.2) is 6.07 Å². The fourth-order valence-electron chi connectivity index (χ4n) is 1.02. The number of anilines is 2. The Kier molecular flexibility index (Phi) is 3.81. The molecule has 17 heavy (non-hydrogen) atoms. The van der Waals surface area contributed by atoms with Gasteiger partial charge in [-0.3, -0.25) is 0 Å². The number of rotatable bonds is 3. The molecule has 4 nitrogen and oxygen atoms in total. The van der Waals surface area contributed by atoms with E-state index in [0.29, 0.717) is 15.9 Å². The quantitative estimate of drug-likeness (QED) is 0.795. The molecule has 6 heteroatoms. The highest BCUT2D eigenvalue weighted by Gasteiger charge is 2.35. The van der Waals surface area contributed by atoms with Crippen molar-refractivity contribution in [3.8, 4) is 0 Å². The predicted octanol–water partition coefficient (Wildman–Crippen LogP) is 2.93. The van der Waals surface area contributed by atoms with Gasteiger partial charge in [-0.25, -0.2) is 4.98 Å². The third-order valence-electron chi connectivity index (χ3n) is 2.92. The number of nitrogens with two attached hydrogens (primary N) is 1. The Morgan fingerprint density at radius 1 is 1.24 bits per heavy atom. The molecule has 0 aliphatic heterocycles. The maximum Gasteiger partial charge on any atom is 0.147 e. The zero-order valence-electron chi connectivity index (χ0n) is 10.3. The average Bonchev–Trinajstić information content (AvgIpc) is 2.12. The second-order valence-corrected chi connectivity index (χ2v) is 5.81. The summed E-state index contributed by atoms with van der Waals surface area (Å²) in [7, 11) is 0. The number of nitrogen functional groups attached to an aromatic ring is 1. The molecule has 0 unspecified atom stereocenters. The lowest BCUT2D eigenvalue weighted by Crippen LogP contribution is -2.51. The van der Waals surface area contributed by atoms with Crippen LogP contribution in [0, 0.1) is 0 Å². The van der Waals surface area contributed by atoms with Crippen LogP contribution in [0.3, 0.4) is 0 Å². The molecule has 0 spiro atoms. The van der Waals surface area contributed by atoms with Crippen LogP contribution in [-0.2, 0) is 0 Å². The zero-order valence-corrected chi connectivity index (χ0v) is 11.8. The van der Waals surface area contributed by atoms with Crippen LogP contribution in [0.1, 0.15) is 27.7 Å². The number of pyridine rings is 1. The van der Waals surface area contributed by atoms with E-state index in [0.717, 1.165) is 0 Å². The van der Waals surface area contributed by atoms with E-state index in [4.69, 9.17) is 28.9 Å². The molecule has 1 rings (SSSR count). The molecule has 0 aliphatic rings. The molecule has 1 aromatic heterocycles. The van der Waals surface area contributed by atoms with E-state index in [-0.39, 0.29) is 5.82 Å². The number of aromatic nitrogens is 1. The summed E-state index contributed by atoms with van der Waals surface area (Å²) in [4.78, 5) is 4.06. The van der Waals surface area contributed by atoms with Crippen molar-refractivity contribution < 1.29 is 5.11 Å².